The highest BCUT2D eigenvalue weighted by molar-refractivity contribution is 5.79. The molecule has 26 heavy (non-hydrogen) atoms. The van der Waals surface area contributed by atoms with Crippen molar-refractivity contribution < 1.29 is 9.26 Å². The Hall–Kier alpha value is -2.34. The maximum atomic E-state index is 5.78. The quantitative estimate of drug-likeness (QED) is 0.531. The Morgan fingerprint density at radius 2 is 1.96 bits per heavy atom. The number of nitrogens with zero attached hydrogens (tertiary/aromatic N) is 2. The van der Waals surface area contributed by atoms with Crippen LogP contribution in [0.2, 0.25) is 0 Å². The van der Waals surface area contributed by atoms with Gasteiger partial charge in [0.15, 0.2) is 11.7 Å². The summed E-state index contributed by atoms with van der Waals surface area (Å²) < 4.78 is 11.1. The van der Waals surface area contributed by atoms with Crippen LogP contribution in [0.5, 0.6) is 0 Å². The van der Waals surface area contributed by atoms with Gasteiger partial charge in [-0.05, 0) is 17.4 Å². The van der Waals surface area contributed by atoms with Gasteiger partial charge >= 0.3 is 0 Å². The lowest BCUT2D eigenvalue weighted by Crippen LogP contribution is -2.39. The third-order valence-electron chi connectivity index (χ3n) is 3.95. The summed E-state index contributed by atoms with van der Waals surface area (Å²) in [5, 5.41) is 10.6. The molecule has 2 rings (SSSR count). The number of hydrogen-bond donors (Lipinski definition) is 2. The fourth-order valence-corrected chi connectivity index (χ4v) is 2.36. The number of benzene rings is 1. The van der Waals surface area contributed by atoms with Crippen LogP contribution < -0.4 is 10.6 Å². The molecule has 142 valence electrons. The summed E-state index contributed by atoms with van der Waals surface area (Å²) in [7, 11) is 1.76. The monoisotopic (exact) mass is 358 g/mol. The van der Waals surface area contributed by atoms with Gasteiger partial charge in [0.2, 0.25) is 0 Å². The van der Waals surface area contributed by atoms with E-state index in [4.69, 9.17) is 9.26 Å². The highest BCUT2D eigenvalue weighted by atomic mass is 16.5. The van der Waals surface area contributed by atoms with E-state index in [-0.39, 0.29) is 0 Å². The van der Waals surface area contributed by atoms with Crippen LogP contribution in [0.15, 0.2) is 45.9 Å². The molecule has 0 amide bonds. The van der Waals surface area contributed by atoms with Crippen LogP contribution in [-0.4, -0.2) is 31.3 Å². The van der Waals surface area contributed by atoms with E-state index in [0.717, 1.165) is 24.0 Å². The fraction of sp³-hybridized carbons (Fsp3) is 0.500. The number of nitrogens with one attached hydrogen (secondary N) is 2. The lowest BCUT2D eigenvalue weighted by Gasteiger charge is -2.16. The van der Waals surface area contributed by atoms with E-state index in [1.54, 1.807) is 7.05 Å². The van der Waals surface area contributed by atoms with Gasteiger partial charge in [-0.2, -0.15) is 0 Å². The lowest BCUT2D eigenvalue weighted by molar-refractivity contribution is 0.0931. The second-order valence-electron chi connectivity index (χ2n) is 6.79. The summed E-state index contributed by atoms with van der Waals surface area (Å²) in [4.78, 5) is 4.24. The number of rotatable bonds is 9. The lowest BCUT2D eigenvalue weighted by atomic mass is 10.1. The summed E-state index contributed by atoms with van der Waals surface area (Å²) >= 11 is 0. The average molecular weight is 358 g/mol. The van der Waals surface area contributed by atoms with Crippen molar-refractivity contribution in [3.05, 3.63) is 53.4 Å². The van der Waals surface area contributed by atoms with Crippen molar-refractivity contribution in [3.8, 4) is 0 Å². The fourth-order valence-electron chi connectivity index (χ4n) is 2.36. The minimum absolute atomic E-state index is 0.363. The minimum Gasteiger partial charge on any atom is -0.376 e. The normalized spacial score (nSPS) is 13.0. The van der Waals surface area contributed by atoms with E-state index < -0.39 is 0 Å². The topological polar surface area (TPSA) is 71.7 Å². The van der Waals surface area contributed by atoms with Crippen molar-refractivity contribution in [2.45, 2.75) is 39.8 Å². The molecule has 1 unspecified atom stereocenters. The first-order chi connectivity index (χ1) is 12.6. The Labute approximate surface area is 156 Å². The SMILES string of the molecule is CN=C(NCc1cc(C(C)C)no1)NCC(C)COCc1ccccc1. The van der Waals surface area contributed by atoms with Crippen LogP contribution in [0.25, 0.3) is 0 Å². The molecule has 0 bridgehead atoms. The summed E-state index contributed by atoms with van der Waals surface area (Å²) in [5.74, 6) is 2.27. The maximum absolute atomic E-state index is 5.78. The highest BCUT2D eigenvalue weighted by Crippen LogP contribution is 2.13. The molecule has 0 fully saturated rings. The van der Waals surface area contributed by atoms with Gasteiger partial charge in [0, 0.05) is 19.7 Å². The van der Waals surface area contributed by atoms with Crippen molar-refractivity contribution in [2.24, 2.45) is 10.9 Å². The molecule has 0 saturated carbocycles. The standard InChI is InChI=1S/C20H30N4O2/c1-15(2)19-10-18(26-24-19)12-23-20(21-4)22-11-16(3)13-25-14-17-8-6-5-7-9-17/h5-10,15-16H,11-14H2,1-4H3,(H2,21,22,23). The smallest absolute Gasteiger partial charge is 0.191 e. The van der Waals surface area contributed by atoms with Gasteiger partial charge in [-0.3, -0.25) is 4.99 Å². The second kappa shape index (κ2) is 10.6. The van der Waals surface area contributed by atoms with Gasteiger partial charge < -0.3 is 19.9 Å². The molecule has 0 aliphatic carbocycles. The number of aromatic nitrogens is 1. The molecule has 1 aromatic heterocycles. The van der Waals surface area contributed by atoms with Gasteiger partial charge in [-0.15, -0.1) is 0 Å². The molecular formula is C20H30N4O2. The number of ether oxygens (including phenoxy) is 1. The van der Waals surface area contributed by atoms with Crippen LogP contribution in [0, 0.1) is 5.92 Å². The van der Waals surface area contributed by atoms with Crippen LogP contribution >= 0.6 is 0 Å². The molecule has 0 aliphatic rings. The zero-order valence-electron chi connectivity index (χ0n) is 16.2. The molecular weight excluding hydrogens is 328 g/mol. The van der Waals surface area contributed by atoms with Crippen LogP contribution in [0.3, 0.4) is 0 Å². The van der Waals surface area contributed by atoms with E-state index >= 15 is 0 Å². The molecule has 1 aromatic carbocycles. The van der Waals surface area contributed by atoms with Gasteiger partial charge in [-0.1, -0.05) is 56.3 Å². The Bertz CT molecular complexity index is 667. The Morgan fingerprint density at radius 1 is 1.19 bits per heavy atom. The van der Waals surface area contributed by atoms with Gasteiger partial charge in [0.05, 0.1) is 25.5 Å². The number of aliphatic imine (C=N–C) groups is 1. The van der Waals surface area contributed by atoms with Crippen LogP contribution in [-0.2, 0) is 17.9 Å². The van der Waals surface area contributed by atoms with Gasteiger partial charge in [0.25, 0.3) is 0 Å². The Morgan fingerprint density at radius 3 is 2.62 bits per heavy atom. The van der Waals surface area contributed by atoms with E-state index in [1.807, 2.05) is 24.3 Å². The third-order valence-corrected chi connectivity index (χ3v) is 3.95. The molecule has 2 aromatic rings. The molecule has 0 saturated heterocycles. The molecule has 0 spiro atoms. The largest absolute Gasteiger partial charge is 0.376 e. The predicted molar refractivity (Wildman–Crippen MR) is 104 cm³/mol. The van der Waals surface area contributed by atoms with Crippen molar-refractivity contribution in [2.75, 3.05) is 20.2 Å². The third kappa shape index (κ3) is 6.88. The van der Waals surface area contributed by atoms with E-state index in [9.17, 15) is 0 Å². The Balaban J connectivity index is 1.65. The van der Waals surface area contributed by atoms with E-state index in [2.05, 4.69) is 53.7 Å². The minimum atomic E-state index is 0.363. The number of hydrogen-bond acceptors (Lipinski definition) is 4. The van der Waals surface area contributed by atoms with Crippen LogP contribution in [0.1, 0.15) is 43.7 Å². The first kappa shape index (κ1) is 20.0. The van der Waals surface area contributed by atoms with Gasteiger partial charge in [-0.25, -0.2) is 0 Å². The predicted octanol–water partition coefficient (Wildman–Crippen LogP) is 3.32. The average Bonchev–Trinajstić information content (AvgIpc) is 3.12. The molecule has 1 atom stereocenters. The number of guanidine groups is 1. The molecule has 0 aliphatic heterocycles. The summed E-state index contributed by atoms with van der Waals surface area (Å²) in [5.41, 5.74) is 2.16. The molecule has 6 nitrogen and oxygen atoms in total. The molecule has 0 radical (unpaired) electrons. The maximum Gasteiger partial charge on any atom is 0.191 e. The zero-order chi connectivity index (χ0) is 18.8. The van der Waals surface area contributed by atoms with Crippen molar-refractivity contribution in [3.63, 3.8) is 0 Å². The van der Waals surface area contributed by atoms with Crippen LogP contribution in [0.4, 0.5) is 0 Å². The molecule has 6 heteroatoms. The second-order valence-corrected chi connectivity index (χ2v) is 6.79. The summed E-state index contributed by atoms with van der Waals surface area (Å²) in [6.07, 6.45) is 0. The van der Waals surface area contributed by atoms with Crippen molar-refractivity contribution in [1.29, 1.82) is 0 Å². The summed E-state index contributed by atoms with van der Waals surface area (Å²) in [6.45, 7) is 9.01. The highest BCUT2D eigenvalue weighted by Gasteiger charge is 2.09. The summed E-state index contributed by atoms with van der Waals surface area (Å²) in [6, 6.07) is 12.2. The molecule has 2 N–H and O–H groups in total. The first-order valence-corrected chi connectivity index (χ1v) is 9.10. The van der Waals surface area contributed by atoms with Gasteiger partial charge in [0.1, 0.15) is 0 Å². The Kier molecular flexibility index (Phi) is 8.15. The van der Waals surface area contributed by atoms with Crippen molar-refractivity contribution in [1.82, 2.24) is 15.8 Å². The van der Waals surface area contributed by atoms with Crippen molar-refractivity contribution >= 4 is 5.96 Å². The first-order valence-electron chi connectivity index (χ1n) is 9.10. The molecule has 1 heterocycles. The zero-order valence-corrected chi connectivity index (χ0v) is 16.2. The van der Waals surface area contributed by atoms with E-state index in [1.165, 1.54) is 5.56 Å². The van der Waals surface area contributed by atoms with E-state index in [0.29, 0.717) is 31.6 Å².